The second-order valence-electron chi connectivity index (χ2n) is 5.92. The summed E-state index contributed by atoms with van der Waals surface area (Å²) in [5, 5.41) is 0. The van der Waals surface area contributed by atoms with Gasteiger partial charge in [-0.3, -0.25) is 4.79 Å². The molecule has 0 aliphatic rings. The van der Waals surface area contributed by atoms with Crippen molar-refractivity contribution < 1.29 is 9.18 Å². The van der Waals surface area contributed by atoms with Gasteiger partial charge in [0.2, 0.25) is 0 Å². The van der Waals surface area contributed by atoms with Crippen molar-refractivity contribution in [2.75, 3.05) is 5.73 Å². The normalized spacial score (nSPS) is 11.4. The molecule has 2 nitrogen and oxygen atoms in total. The standard InChI is InChI=1S/C18H20FNO/c1-12-4-7-15(19)10-13(12)11-17(21)18(2,3)14-5-8-16(20)9-6-14/h4-10H,11,20H2,1-3H3. The first-order chi connectivity index (χ1) is 9.80. The van der Waals surface area contributed by atoms with Crippen LogP contribution in [0.25, 0.3) is 0 Å². The summed E-state index contributed by atoms with van der Waals surface area (Å²) < 4.78 is 13.3. The highest BCUT2D eigenvalue weighted by atomic mass is 19.1. The fourth-order valence-corrected chi connectivity index (χ4v) is 2.29. The van der Waals surface area contributed by atoms with Crippen molar-refractivity contribution >= 4 is 11.5 Å². The van der Waals surface area contributed by atoms with Crippen LogP contribution in [0.2, 0.25) is 0 Å². The minimum atomic E-state index is -0.632. The van der Waals surface area contributed by atoms with Gasteiger partial charge in [-0.2, -0.15) is 0 Å². The van der Waals surface area contributed by atoms with E-state index < -0.39 is 5.41 Å². The number of hydrogen-bond acceptors (Lipinski definition) is 2. The molecule has 0 aliphatic carbocycles. The maximum absolute atomic E-state index is 13.3. The molecular formula is C18H20FNO. The Bertz CT molecular complexity index is 659. The van der Waals surface area contributed by atoms with Gasteiger partial charge in [-0.15, -0.1) is 0 Å². The fraction of sp³-hybridized carbons (Fsp3) is 0.278. The Hall–Kier alpha value is -2.16. The van der Waals surface area contributed by atoms with Crippen molar-refractivity contribution in [1.82, 2.24) is 0 Å². The van der Waals surface area contributed by atoms with E-state index in [2.05, 4.69) is 0 Å². The first-order valence-corrected chi connectivity index (χ1v) is 6.95. The summed E-state index contributed by atoms with van der Waals surface area (Å²) >= 11 is 0. The molecule has 21 heavy (non-hydrogen) atoms. The highest BCUT2D eigenvalue weighted by molar-refractivity contribution is 5.91. The van der Waals surface area contributed by atoms with E-state index in [4.69, 9.17) is 5.73 Å². The third kappa shape index (κ3) is 3.30. The van der Waals surface area contributed by atoms with Gasteiger partial charge >= 0.3 is 0 Å². The van der Waals surface area contributed by atoms with E-state index in [1.807, 2.05) is 32.9 Å². The monoisotopic (exact) mass is 285 g/mol. The number of anilines is 1. The number of carbonyl (C=O) groups is 1. The van der Waals surface area contributed by atoms with Crippen molar-refractivity contribution in [3.05, 3.63) is 65.0 Å². The van der Waals surface area contributed by atoms with E-state index in [9.17, 15) is 9.18 Å². The summed E-state index contributed by atoms with van der Waals surface area (Å²) in [6.07, 6.45) is 0.223. The van der Waals surface area contributed by atoms with Crippen LogP contribution in [0.1, 0.15) is 30.5 Å². The van der Waals surface area contributed by atoms with Crippen molar-refractivity contribution in [3.8, 4) is 0 Å². The molecule has 110 valence electrons. The van der Waals surface area contributed by atoms with E-state index in [0.29, 0.717) is 5.69 Å². The Morgan fingerprint density at radius 1 is 1.14 bits per heavy atom. The van der Waals surface area contributed by atoms with Crippen molar-refractivity contribution in [2.45, 2.75) is 32.6 Å². The van der Waals surface area contributed by atoms with Gasteiger partial charge in [-0.05, 0) is 61.7 Å². The van der Waals surface area contributed by atoms with Gasteiger partial charge < -0.3 is 5.73 Å². The third-order valence-corrected chi connectivity index (χ3v) is 3.99. The molecule has 0 radical (unpaired) electrons. The molecule has 0 aromatic heterocycles. The number of nitrogen functional groups attached to an aromatic ring is 1. The minimum absolute atomic E-state index is 0.0565. The largest absolute Gasteiger partial charge is 0.399 e. The number of aryl methyl sites for hydroxylation is 1. The van der Waals surface area contributed by atoms with Crippen LogP contribution in [0.5, 0.6) is 0 Å². The molecule has 0 saturated heterocycles. The Kier molecular flexibility index (Phi) is 4.12. The topological polar surface area (TPSA) is 43.1 Å². The zero-order chi connectivity index (χ0) is 15.6. The number of benzene rings is 2. The fourth-order valence-electron chi connectivity index (χ4n) is 2.29. The molecule has 0 amide bonds. The van der Waals surface area contributed by atoms with E-state index in [1.165, 1.54) is 12.1 Å². The molecular weight excluding hydrogens is 265 g/mol. The number of carbonyl (C=O) groups excluding carboxylic acids is 1. The summed E-state index contributed by atoms with van der Waals surface area (Å²) in [5.41, 5.74) is 8.30. The van der Waals surface area contributed by atoms with Crippen LogP contribution in [0, 0.1) is 12.7 Å². The van der Waals surface area contributed by atoms with Gasteiger partial charge in [0.05, 0.1) is 0 Å². The highest BCUT2D eigenvalue weighted by Gasteiger charge is 2.29. The molecule has 2 rings (SSSR count). The maximum atomic E-state index is 13.3. The lowest BCUT2D eigenvalue weighted by Crippen LogP contribution is -2.30. The summed E-state index contributed by atoms with van der Waals surface area (Å²) in [6.45, 7) is 5.66. The second-order valence-corrected chi connectivity index (χ2v) is 5.92. The third-order valence-electron chi connectivity index (χ3n) is 3.99. The first kappa shape index (κ1) is 15.2. The number of ketones is 1. The van der Waals surface area contributed by atoms with Crippen LogP contribution in [0.15, 0.2) is 42.5 Å². The predicted molar refractivity (Wildman–Crippen MR) is 83.7 cm³/mol. The molecule has 2 aromatic rings. The Labute approximate surface area is 124 Å². The van der Waals surface area contributed by atoms with Gasteiger partial charge in [0.1, 0.15) is 11.6 Å². The van der Waals surface area contributed by atoms with Crippen LogP contribution >= 0.6 is 0 Å². The Morgan fingerprint density at radius 3 is 2.38 bits per heavy atom. The molecule has 0 heterocycles. The average molecular weight is 285 g/mol. The Balaban J connectivity index is 2.26. The van der Waals surface area contributed by atoms with Crippen LogP contribution in [-0.4, -0.2) is 5.78 Å². The lowest BCUT2D eigenvalue weighted by molar-refractivity contribution is -0.122. The molecule has 2 aromatic carbocycles. The number of halogens is 1. The zero-order valence-corrected chi connectivity index (χ0v) is 12.6. The summed E-state index contributed by atoms with van der Waals surface area (Å²) in [6, 6.07) is 11.9. The van der Waals surface area contributed by atoms with E-state index in [-0.39, 0.29) is 18.0 Å². The second kappa shape index (κ2) is 5.68. The highest BCUT2D eigenvalue weighted by Crippen LogP contribution is 2.27. The quantitative estimate of drug-likeness (QED) is 0.868. The molecule has 3 heteroatoms. The van der Waals surface area contributed by atoms with E-state index >= 15 is 0 Å². The van der Waals surface area contributed by atoms with E-state index in [0.717, 1.165) is 16.7 Å². The minimum Gasteiger partial charge on any atom is -0.399 e. The van der Waals surface area contributed by atoms with Gasteiger partial charge in [0, 0.05) is 17.5 Å². The van der Waals surface area contributed by atoms with Crippen LogP contribution in [0.4, 0.5) is 10.1 Å². The summed E-state index contributed by atoms with van der Waals surface area (Å²) in [4.78, 5) is 12.6. The smallest absolute Gasteiger partial charge is 0.147 e. The molecule has 0 spiro atoms. The lowest BCUT2D eigenvalue weighted by atomic mass is 9.78. The summed E-state index contributed by atoms with van der Waals surface area (Å²) in [5.74, 6) is -0.255. The van der Waals surface area contributed by atoms with Gasteiger partial charge in [0.25, 0.3) is 0 Å². The molecule has 0 atom stereocenters. The van der Waals surface area contributed by atoms with Crippen molar-refractivity contribution in [2.24, 2.45) is 0 Å². The molecule has 0 saturated carbocycles. The van der Waals surface area contributed by atoms with Crippen molar-refractivity contribution in [1.29, 1.82) is 0 Å². The number of hydrogen-bond donors (Lipinski definition) is 1. The van der Waals surface area contributed by atoms with Gasteiger partial charge in [0.15, 0.2) is 0 Å². The van der Waals surface area contributed by atoms with Gasteiger partial charge in [-0.25, -0.2) is 4.39 Å². The summed E-state index contributed by atoms with van der Waals surface area (Å²) in [7, 11) is 0. The molecule has 2 N–H and O–H groups in total. The molecule has 0 bridgehead atoms. The first-order valence-electron chi connectivity index (χ1n) is 6.95. The predicted octanol–water partition coefficient (Wildman–Crippen LogP) is 3.81. The van der Waals surface area contributed by atoms with Gasteiger partial charge in [-0.1, -0.05) is 18.2 Å². The Morgan fingerprint density at radius 2 is 1.76 bits per heavy atom. The lowest BCUT2D eigenvalue weighted by Gasteiger charge is -2.24. The van der Waals surface area contributed by atoms with Crippen LogP contribution in [0.3, 0.4) is 0 Å². The number of Topliss-reactive ketones (excluding diaryl/α,β-unsaturated/α-hetero) is 1. The number of rotatable bonds is 4. The average Bonchev–Trinajstić information content (AvgIpc) is 2.43. The SMILES string of the molecule is Cc1ccc(F)cc1CC(=O)C(C)(C)c1ccc(N)cc1. The van der Waals surface area contributed by atoms with Crippen LogP contribution < -0.4 is 5.73 Å². The van der Waals surface area contributed by atoms with Crippen LogP contribution in [-0.2, 0) is 16.6 Å². The zero-order valence-electron chi connectivity index (χ0n) is 12.6. The molecule has 0 fully saturated rings. The molecule has 0 aliphatic heterocycles. The maximum Gasteiger partial charge on any atom is 0.147 e. The number of nitrogens with two attached hydrogens (primary N) is 1. The molecule has 0 unspecified atom stereocenters. The van der Waals surface area contributed by atoms with E-state index in [1.54, 1.807) is 18.2 Å². The van der Waals surface area contributed by atoms with Crippen molar-refractivity contribution in [3.63, 3.8) is 0 Å².